The summed E-state index contributed by atoms with van der Waals surface area (Å²) >= 11 is 6.17. The Balaban J connectivity index is 1.32. The Morgan fingerprint density at radius 1 is 1.10 bits per heavy atom. The van der Waals surface area contributed by atoms with Crippen LogP contribution in [0.25, 0.3) is 0 Å². The molecule has 0 aromatic heterocycles. The second-order valence-electron chi connectivity index (χ2n) is 10.7. The summed E-state index contributed by atoms with van der Waals surface area (Å²) in [5, 5.41) is 12.5. The van der Waals surface area contributed by atoms with Crippen molar-refractivity contribution in [2.75, 3.05) is 16.0 Å². The molecule has 1 aliphatic carbocycles. The molecule has 39 heavy (non-hydrogen) atoms. The zero-order valence-electron chi connectivity index (χ0n) is 21.0. The van der Waals surface area contributed by atoms with Gasteiger partial charge in [-0.25, -0.2) is 4.39 Å². The number of para-hydroxylation sites is 1. The van der Waals surface area contributed by atoms with Crippen LogP contribution in [0.5, 0.6) is 5.75 Å². The van der Waals surface area contributed by atoms with Gasteiger partial charge in [0.2, 0.25) is 0 Å². The molecule has 4 N–H and O–H groups in total. The number of halogens is 5. The van der Waals surface area contributed by atoms with Crippen molar-refractivity contribution in [1.82, 2.24) is 5.32 Å². The summed E-state index contributed by atoms with van der Waals surface area (Å²) in [6, 6.07) is 11.3. The maximum atomic E-state index is 14.4. The molecule has 1 unspecified atom stereocenters. The van der Waals surface area contributed by atoms with Gasteiger partial charge in [0.15, 0.2) is 6.29 Å². The molecule has 1 atom stereocenters. The summed E-state index contributed by atoms with van der Waals surface area (Å²) < 4.78 is 61.8. The van der Waals surface area contributed by atoms with Crippen molar-refractivity contribution in [3.63, 3.8) is 0 Å². The molecular weight excluding hydrogens is 536 g/mol. The zero-order valence-corrected chi connectivity index (χ0v) is 21.8. The number of fused-ring (bicyclic) bond motifs is 3. The Bertz CT molecular complexity index is 1480. The van der Waals surface area contributed by atoms with E-state index < -0.39 is 40.9 Å². The smallest absolute Gasteiger partial charge is 0.416 e. The normalized spacial score (nSPS) is 19.7. The highest BCUT2D eigenvalue weighted by Gasteiger charge is 2.51. The van der Waals surface area contributed by atoms with E-state index in [9.17, 15) is 22.4 Å². The van der Waals surface area contributed by atoms with Gasteiger partial charge in [-0.1, -0.05) is 35.9 Å². The Hall–Kier alpha value is -3.66. The number of alkyl halides is 3. The number of carbonyl (C=O) groups excluding carboxylic acids is 1. The van der Waals surface area contributed by atoms with E-state index in [0.717, 1.165) is 11.6 Å². The fourth-order valence-corrected chi connectivity index (χ4v) is 5.62. The van der Waals surface area contributed by atoms with Crippen molar-refractivity contribution in [2.45, 2.75) is 56.7 Å². The third kappa shape index (κ3) is 4.50. The number of rotatable bonds is 5. The molecule has 0 saturated heterocycles. The molecule has 2 aliphatic heterocycles. The summed E-state index contributed by atoms with van der Waals surface area (Å²) in [7, 11) is 0. The maximum absolute atomic E-state index is 14.4. The highest BCUT2D eigenvalue weighted by Crippen LogP contribution is 2.52. The van der Waals surface area contributed by atoms with Crippen LogP contribution < -0.4 is 26.0 Å². The van der Waals surface area contributed by atoms with Gasteiger partial charge in [-0.3, -0.25) is 4.79 Å². The maximum Gasteiger partial charge on any atom is 0.416 e. The average molecular weight is 561 g/mol. The summed E-state index contributed by atoms with van der Waals surface area (Å²) in [5.41, 5.74) is -0.0892. The van der Waals surface area contributed by atoms with Gasteiger partial charge in [0.25, 0.3) is 5.91 Å². The number of hydrogen-bond donors (Lipinski definition) is 4. The predicted molar refractivity (Wildman–Crippen MR) is 141 cm³/mol. The number of benzene rings is 3. The highest BCUT2D eigenvalue weighted by molar-refractivity contribution is 6.33. The van der Waals surface area contributed by atoms with Gasteiger partial charge >= 0.3 is 6.18 Å². The van der Waals surface area contributed by atoms with E-state index in [1.54, 1.807) is 18.2 Å². The number of amides is 1. The molecule has 3 aliphatic rings. The topological polar surface area (TPSA) is 74.4 Å². The number of carbonyl (C=O) groups is 1. The van der Waals surface area contributed by atoms with E-state index >= 15 is 0 Å². The minimum atomic E-state index is -4.54. The molecule has 2 heterocycles. The monoisotopic (exact) mass is 560 g/mol. The van der Waals surface area contributed by atoms with Crippen LogP contribution in [0, 0.1) is 5.82 Å². The van der Waals surface area contributed by atoms with Gasteiger partial charge in [0, 0.05) is 12.0 Å². The largest absolute Gasteiger partial charge is 0.486 e. The molecule has 1 amide bonds. The van der Waals surface area contributed by atoms with Gasteiger partial charge < -0.3 is 26.0 Å². The molecule has 6 nitrogen and oxygen atoms in total. The lowest BCUT2D eigenvalue weighted by molar-refractivity contribution is -0.138. The van der Waals surface area contributed by atoms with Crippen LogP contribution in [0.3, 0.4) is 0 Å². The first kappa shape index (κ1) is 25.6. The predicted octanol–water partition coefficient (Wildman–Crippen LogP) is 6.86. The Labute approximate surface area is 227 Å². The molecule has 11 heteroatoms. The molecule has 0 radical (unpaired) electrons. The number of hydrogen-bond acceptors (Lipinski definition) is 5. The summed E-state index contributed by atoms with van der Waals surface area (Å²) in [6.07, 6.45) is -3.93. The molecule has 1 saturated carbocycles. The first-order valence-corrected chi connectivity index (χ1v) is 12.9. The van der Waals surface area contributed by atoms with E-state index in [4.69, 9.17) is 16.3 Å². The van der Waals surface area contributed by atoms with Gasteiger partial charge in [0.1, 0.15) is 17.2 Å². The molecule has 3 aromatic rings. The van der Waals surface area contributed by atoms with E-state index in [0.29, 0.717) is 36.4 Å². The third-order valence-corrected chi connectivity index (χ3v) is 7.61. The summed E-state index contributed by atoms with van der Waals surface area (Å²) in [4.78, 5) is 13.7. The molecule has 3 aromatic carbocycles. The molecule has 0 bridgehead atoms. The minimum absolute atomic E-state index is 0.0516. The molecule has 204 valence electrons. The lowest BCUT2D eigenvalue weighted by Gasteiger charge is -2.23. The lowest BCUT2D eigenvalue weighted by atomic mass is 9.96. The van der Waals surface area contributed by atoms with Crippen LogP contribution >= 0.6 is 11.6 Å². The van der Waals surface area contributed by atoms with Crippen molar-refractivity contribution in [2.24, 2.45) is 0 Å². The summed E-state index contributed by atoms with van der Waals surface area (Å²) in [5.74, 6) is -0.683. The van der Waals surface area contributed by atoms with Crippen molar-refractivity contribution >= 4 is 34.6 Å². The summed E-state index contributed by atoms with van der Waals surface area (Å²) in [6.45, 7) is 3.78. The number of ether oxygens (including phenoxy) is 1. The average Bonchev–Trinajstić information content (AvgIpc) is 3.39. The van der Waals surface area contributed by atoms with Crippen LogP contribution in [0.15, 0.2) is 48.5 Å². The van der Waals surface area contributed by atoms with Gasteiger partial charge in [-0.2, -0.15) is 13.2 Å². The standard InChI is InChI=1S/C28H25ClF4N4O2/c1-26(2)13-15-21-20(34-25(35-21)36-22-18(29)8-5-9-19(22)30)12-14(23(15)39-26)24(38)37-27(10-11-27)16-6-3-4-7-17(16)28(31,32)33/h3-9,12,25,34-36H,10-11,13H2,1-2H3,(H,37,38). The number of anilines is 3. The molecule has 1 fully saturated rings. The van der Waals surface area contributed by atoms with Crippen LogP contribution in [0.2, 0.25) is 5.02 Å². The quantitative estimate of drug-likeness (QED) is 0.256. The minimum Gasteiger partial charge on any atom is -0.486 e. The zero-order chi connectivity index (χ0) is 27.7. The van der Waals surface area contributed by atoms with Gasteiger partial charge in [0.05, 0.1) is 38.8 Å². The Kier molecular flexibility index (Phi) is 5.70. The fraction of sp³-hybridized carbons (Fsp3) is 0.321. The second-order valence-corrected chi connectivity index (χ2v) is 11.1. The second kappa shape index (κ2) is 8.67. The first-order valence-electron chi connectivity index (χ1n) is 12.5. The Morgan fingerprint density at radius 2 is 1.85 bits per heavy atom. The Morgan fingerprint density at radius 3 is 2.54 bits per heavy atom. The van der Waals surface area contributed by atoms with Crippen molar-refractivity contribution < 1.29 is 27.1 Å². The highest BCUT2D eigenvalue weighted by atomic mass is 35.5. The SMILES string of the molecule is CC1(C)Cc2c3c(cc(C(=O)NC4(c5ccccc5C(F)(F)F)CC4)c2O1)NC(Nc1c(F)cccc1Cl)N3. The van der Waals surface area contributed by atoms with Gasteiger partial charge in [-0.15, -0.1) is 0 Å². The van der Waals surface area contributed by atoms with Crippen LogP contribution in [0.1, 0.15) is 53.7 Å². The number of nitrogens with one attached hydrogen (secondary N) is 4. The van der Waals surface area contributed by atoms with Crippen molar-refractivity contribution in [3.8, 4) is 5.75 Å². The first-order chi connectivity index (χ1) is 18.4. The van der Waals surface area contributed by atoms with E-state index in [-0.39, 0.29) is 21.8 Å². The molecule has 0 spiro atoms. The van der Waals surface area contributed by atoms with E-state index in [1.165, 1.54) is 24.3 Å². The van der Waals surface area contributed by atoms with Crippen LogP contribution in [-0.4, -0.2) is 17.8 Å². The van der Waals surface area contributed by atoms with Crippen LogP contribution in [0.4, 0.5) is 34.6 Å². The van der Waals surface area contributed by atoms with E-state index in [1.807, 2.05) is 13.8 Å². The van der Waals surface area contributed by atoms with E-state index in [2.05, 4.69) is 21.3 Å². The molecular formula is C28H25ClF4N4O2. The fourth-order valence-electron chi connectivity index (χ4n) is 5.40. The van der Waals surface area contributed by atoms with Crippen LogP contribution in [-0.2, 0) is 18.1 Å². The molecule has 6 rings (SSSR count). The van der Waals surface area contributed by atoms with Crippen molar-refractivity contribution in [3.05, 3.63) is 81.6 Å². The third-order valence-electron chi connectivity index (χ3n) is 7.29. The van der Waals surface area contributed by atoms with Crippen molar-refractivity contribution in [1.29, 1.82) is 0 Å². The van der Waals surface area contributed by atoms with Gasteiger partial charge in [-0.05, 0) is 56.5 Å². The lowest BCUT2D eigenvalue weighted by Crippen LogP contribution is -2.36.